The van der Waals surface area contributed by atoms with Crippen molar-refractivity contribution in [3.05, 3.63) is 29.8 Å². The van der Waals surface area contributed by atoms with Crippen LogP contribution in [0.2, 0.25) is 0 Å². The Kier molecular flexibility index (Phi) is 5.72. The maximum Gasteiger partial charge on any atom is 0.141 e. The number of rotatable bonds is 3. The Morgan fingerprint density at radius 3 is 2.70 bits per heavy atom. The lowest BCUT2D eigenvalue weighted by Gasteiger charge is -2.37. The fourth-order valence-electron chi connectivity index (χ4n) is 3.04. The van der Waals surface area contributed by atoms with Crippen molar-refractivity contribution in [2.45, 2.75) is 19.0 Å². The molecule has 0 radical (unpaired) electrons. The number of hydrogen-bond acceptors (Lipinski definition) is 4. The van der Waals surface area contributed by atoms with Crippen LogP contribution in [-0.2, 0) is 6.54 Å². The number of aromatic nitrogens is 1. The van der Waals surface area contributed by atoms with Gasteiger partial charge in [-0.3, -0.25) is 14.8 Å². The topological polar surface area (TPSA) is 31.4 Å². The molecule has 0 saturated carbocycles. The Bertz CT molecular complexity index is 417. The fourth-order valence-corrected chi connectivity index (χ4v) is 3.04. The summed E-state index contributed by atoms with van der Waals surface area (Å²) in [5, 5.41) is 3.42. The molecule has 6 heteroatoms. The zero-order valence-corrected chi connectivity index (χ0v) is 12.4. The summed E-state index contributed by atoms with van der Waals surface area (Å²) in [6.07, 6.45) is 4.29. The Labute approximate surface area is 125 Å². The second-order valence-corrected chi connectivity index (χ2v) is 5.47. The van der Waals surface area contributed by atoms with Gasteiger partial charge in [0, 0.05) is 51.5 Å². The lowest BCUT2D eigenvalue weighted by Crippen LogP contribution is -2.50. The zero-order chi connectivity index (χ0) is 13.1. The van der Waals surface area contributed by atoms with Crippen LogP contribution in [0.3, 0.4) is 0 Å². The summed E-state index contributed by atoms with van der Waals surface area (Å²) in [5.74, 6) is -0.242. The van der Waals surface area contributed by atoms with Crippen molar-refractivity contribution in [3.63, 3.8) is 0 Å². The van der Waals surface area contributed by atoms with Crippen LogP contribution in [0.4, 0.5) is 4.39 Å². The summed E-state index contributed by atoms with van der Waals surface area (Å²) in [6, 6.07) is 2.30. The first-order valence-corrected chi connectivity index (χ1v) is 7.08. The number of nitrogens with zero attached hydrogens (tertiary/aromatic N) is 3. The minimum atomic E-state index is -0.242. The molecule has 2 aliphatic rings. The van der Waals surface area contributed by atoms with E-state index in [4.69, 9.17) is 0 Å². The molecular weight excluding hydrogens is 279 g/mol. The van der Waals surface area contributed by atoms with Crippen molar-refractivity contribution in [3.8, 4) is 0 Å². The molecule has 2 aliphatic heterocycles. The number of halogens is 2. The highest BCUT2D eigenvalue weighted by Gasteiger charge is 2.25. The Balaban J connectivity index is 0.00000147. The van der Waals surface area contributed by atoms with Gasteiger partial charge in [0.05, 0.1) is 6.20 Å². The van der Waals surface area contributed by atoms with Crippen molar-refractivity contribution in [2.24, 2.45) is 0 Å². The lowest BCUT2D eigenvalue weighted by atomic mass is 10.1. The summed E-state index contributed by atoms with van der Waals surface area (Å²) in [7, 11) is 0. The Morgan fingerprint density at radius 2 is 2.05 bits per heavy atom. The van der Waals surface area contributed by atoms with Gasteiger partial charge in [-0.05, 0) is 24.6 Å². The summed E-state index contributed by atoms with van der Waals surface area (Å²) >= 11 is 0. The average Bonchev–Trinajstić information content (AvgIpc) is 2.94. The van der Waals surface area contributed by atoms with Gasteiger partial charge in [0.25, 0.3) is 0 Å². The van der Waals surface area contributed by atoms with E-state index in [9.17, 15) is 4.39 Å². The monoisotopic (exact) mass is 300 g/mol. The van der Waals surface area contributed by atoms with Crippen LogP contribution in [0.15, 0.2) is 18.5 Å². The summed E-state index contributed by atoms with van der Waals surface area (Å²) in [5.41, 5.74) is 0.969. The molecule has 3 heterocycles. The largest absolute Gasteiger partial charge is 0.315 e. The molecule has 112 valence electrons. The van der Waals surface area contributed by atoms with E-state index < -0.39 is 0 Å². The highest BCUT2D eigenvalue weighted by molar-refractivity contribution is 5.85. The number of hydrogen-bond donors (Lipinski definition) is 1. The van der Waals surface area contributed by atoms with Gasteiger partial charge in [0.15, 0.2) is 0 Å². The Hall–Kier alpha value is -0.750. The van der Waals surface area contributed by atoms with E-state index in [-0.39, 0.29) is 18.2 Å². The first-order valence-electron chi connectivity index (χ1n) is 7.08. The first-order chi connectivity index (χ1) is 9.31. The molecule has 1 unspecified atom stereocenters. The highest BCUT2D eigenvalue weighted by atomic mass is 35.5. The molecule has 1 aromatic heterocycles. The van der Waals surface area contributed by atoms with E-state index in [1.807, 2.05) is 0 Å². The molecule has 20 heavy (non-hydrogen) atoms. The highest BCUT2D eigenvalue weighted by Crippen LogP contribution is 2.14. The molecule has 0 aromatic carbocycles. The molecule has 1 N–H and O–H groups in total. The summed E-state index contributed by atoms with van der Waals surface area (Å²) in [4.78, 5) is 8.88. The number of nitrogens with one attached hydrogen (secondary N) is 1. The molecule has 3 rings (SSSR count). The SMILES string of the molecule is Cl.Fc1cncc(CN2CCN(C3CCNC3)CC2)c1. The van der Waals surface area contributed by atoms with Crippen LogP contribution in [0.5, 0.6) is 0 Å². The standard InChI is InChI=1S/C14H21FN4.ClH/c15-13-7-12(8-17-9-13)11-18-3-5-19(6-4-18)14-1-2-16-10-14;/h7-9,14,16H,1-6,10-11H2;1H. The molecule has 1 atom stereocenters. The summed E-state index contributed by atoms with van der Waals surface area (Å²) < 4.78 is 13.1. The molecule has 1 aromatic rings. The molecule has 0 bridgehead atoms. The predicted octanol–water partition coefficient (Wildman–Crippen LogP) is 1.12. The van der Waals surface area contributed by atoms with Crippen molar-refractivity contribution < 1.29 is 4.39 Å². The minimum Gasteiger partial charge on any atom is -0.315 e. The number of piperazine rings is 1. The third kappa shape index (κ3) is 3.88. The fraction of sp³-hybridized carbons (Fsp3) is 0.643. The molecule has 0 spiro atoms. The molecule has 0 amide bonds. The van der Waals surface area contributed by atoms with Crippen molar-refractivity contribution in [1.29, 1.82) is 0 Å². The van der Waals surface area contributed by atoms with Gasteiger partial charge in [-0.1, -0.05) is 0 Å². The van der Waals surface area contributed by atoms with E-state index in [2.05, 4.69) is 20.1 Å². The molecule has 4 nitrogen and oxygen atoms in total. The third-order valence-electron chi connectivity index (χ3n) is 4.13. The molecule has 2 fully saturated rings. The van der Waals surface area contributed by atoms with Crippen LogP contribution >= 0.6 is 12.4 Å². The van der Waals surface area contributed by atoms with Gasteiger partial charge >= 0.3 is 0 Å². The van der Waals surface area contributed by atoms with Crippen molar-refractivity contribution in [1.82, 2.24) is 20.1 Å². The van der Waals surface area contributed by atoms with Crippen molar-refractivity contribution >= 4 is 12.4 Å². The van der Waals surface area contributed by atoms with Gasteiger partial charge in [0.2, 0.25) is 0 Å². The maximum absolute atomic E-state index is 13.1. The first kappa shape index (κ1) is 15.6. The normalized spacial score (nSPS) is 24.6. The second kappa shape index (κ2) is 7.31. The van der Waals surface area contributed by atoms with Gasteiger partial charge in [-0.25, -0.2) is 4.39 Å². The lowest BCUT2D eigenvalue weighted by molar-refractivity contribution is 0.0980. The molecular formula is C14H22ClFN4. The Morgan fingerprint density at radius 1 is 1.25 bits per heavy atom. The van der Waals surface area contributed by atoms with Gasteiger partial charge in [-0.2, -0.15) is 0 Å². The minimum absolute atomic E-state index is 0. The van der Waals surface area contributed by atoms with Gasteiger partial charge < -0.3 is 5.32 Å². The van der Waals surface area contributed by atoms with Crippen LogP contribution in [-0.4, -0.2) is 60.1 Å². The van der Waals surface area contributed by atoms with Crippen LogP contribution in [0.25, 0.3) is 0 Å². The quantitative estimate of drug-likeness (QED) is 0.906. The van der Waals surface area contributed by atoms with E-state index in [0.717, 1.165) is 57.4 Å². The van der Waals surface area contributed by atoms with Crippen molar-refractivity contribution in [2.75, 3.05) is 39.3 Å². The van der Waals surface area contributed by atoms with Gasteiger partial charge in [-0.15, -0.1) is 12.4 Å². The second-order valence-electron chi connectivity index (χ2n) is 5.47. The predicted molar refractivity (Wildman–Crippen MR) is 79.6 cm³/mol. The van der Waals surface area contributed by atoms with E-state index in [1.54, 1.807) is 12.3 Å². The smallest absolute Gasteiger partial charge is 0.141 e. The van der Waals surface area contributed by atoms with Crippen LogP contribution in [0.1, 0.15) is 12.0 Å². The van der Waals surface area contributed by atoms with E-state index >= 15 is 0 Å². The van der Waals surface area contributed by atoms with Crippen LogP contribution in [0, 0.1) is 5.82 Å². The molecule has 0 aliphatic carbocycles. The number of pyridine rings is 1. The summed E-state index contributed by atoms with van der Waals surface area (Å²) in [6.45, 7) is 7.46. The molecule has 2 saturated heterocycles. The van der Waals surface area contributed by atoms with Crippen LogP contribution < -0.4 is 5.32 Å². The van der Waals surface area contributed by atoms with E-state index in [1.165, 1.54) is 12.6 Å². The zero-order valence-electron chi connectivity index (χ0n) is 11.6. The van der Waals surface area contributed by atoms with E-state index in [0.29, 0.717) is 0 Å². The maximum atomic E-state index is 13.1. The average molecular weight is 301 g/mol. The third-order valence-corrected chi connectivity index (χ3v) is 4.13. The van der Waals surface area contributed by atoms with Gasteiger partial charge in [0.1, 0.15) is 5.82 Å².